The zero-order chi connectivity index (χ0) is 21.4. The standard InChI is InChI=1S/C19H32ClNO6/c1-13(12-20)10-9-11-14(15(22)25-8)21(16(23)26-18(2,3)4)17(24)27-19(5,6)7/h10,14H,9,11-12H2,1-8H3/b13-10+/t14-/m0/s1. The fourth-order valence-corrected chi connectivity index (χ4v) is 2.09. The van der Waals surface area contributed by atoms with E-state index >= 15 is 0 Å². The Morgan fingerprint density at radius 1 is 1.00 bits per heavy atom. The second-order valence-corrected chi connectivity index (χ2v) is 8.40. The Morgan fingerprint density at radius 3 is 1.78 bits per heavy atom. The Labute approximate surface area is 167 Å². The van der Waals surface area contributed by atoms with E-state index in [-0.39, 0.29) is 6.42 Å². The van der Waals surface area contributed by atoms with Crippen LogP contribution in [0.2, 0.25) is 0 Å². The molecule has 0 N–H and O–H groups in total. The Kier molecular flexibility index (Phi) is 9.86. The molecule has 0 aliphatic carbocycles. The average molecular weight is 406 g/mol. The van der Waals surface area contributed by atoms with Crippen molar-refractivity contribution >= 4 is 29.8 Å². The summed E-state index contributed by atoms with van der Waals surface area (Å²) in [6, 6.07) is -1.18. The van der Waals surface area contributed by atoms with Crippen LogP contribution in [0.5, 0.6) is 0 Å². The molecule has 0 saturated carbocycles. The van der Waals surface area contributed by atoms with Crippen LogP contribution in [-0.2, 0) is 19.0 Å². The number of carbonyl (C=O) groups excluding carboxylic acids is 3. The van der Waals surface area contributed by atoms with Gasteiger partial charge < -0.3 is 14.2 Å². The van der Waals surface area contributed by atoms with E-state index in [9.17, 15) is 14.4 Å². The number of alkyl halides is 1. The van der Waals surface area contributed by atoms with Crippen molar-refractivity contribution in [2.24, 2.45) is 0 Å². The van der Waals surface area contributed by atoms with Gasteiger partial charge in [-0.25, -0.2) is 14.4 Å². The summed E-state index contributed by atoms with van der Waals surface area (Å²) in [5, 5.41) is 0. The van der Waals surface area contributed by atoms with E-state index in [1.54, 1.807) is 41.5 Å². The predicted molar refractivity (Wildman–Crippen MR) is 104 cm³/mol. The highest BCUT2D eigenvalue weighted by molar-refractivity contribution is 6.19. The lowest BCUT2D eigenvalue weighted by atomic mass is 10.1. The molecule has 0 fully saturated rings. The minimum atomic E-state index is -1.18. The van der Waals surface area contributed by atoms with Gasteiger partial charge in [-0.2, -0.15) is 4.90 Å². The van der Waals surface area contributed by atoms with Crippen LogP contribution in [0, 0.1) is 0 Å². The molecule has 0 unspecified atom stereocenters. The molecule has 27 heavy (non-hydrogen) atoms. The highest BCUT2D eigenvalue weighted by Crippen LogP contribution is 2.20. The topological polar surface area (TPSA) is 82.1 Å². The molecule has 0 aromatic heterocycles. The van der Waals surface area contributed by atoms with E-state index in [2.05, 4.69) is 0 Å². The van der Waals surface area contributed by atoms with E-state index < -0.39 is 35.4 Å². The zero-order valence-electron chi connectivity index (χ0n) is 17.6. The van der Waals surface area contributed by atoms with Crippen molar-refractivity contribution in [3.63, 3.8) is 0 Å². The van der Waals surface area contributed by atoms with E-state index in [4.69, 9.17) is 25.8 Å². The number of halogens is 1. The number of allylic oxidation sites excluding steroid dienone is 2. The van der Waals surface area contributed by atoms with Gasteiger partial charge in [0.05, 0.1) is 7.11 Å². The lowest BCUT2D eigenvalue weighted by Crippen LogP contribution is -2.52. The molecule has 0 heterocycles. The van der Waals surface area contributed by atoms with Gasteiger partial charge in [0.2, 0.25) is 0 Å². The number of amides is 2. The van der Waals surface area contributed by atoms with Crippen LogP contribution in [0.1, 0.15) is 61.3 Å². The summed E-state index contributed by atoms with van der Waals surface area (Å²) in [4.78, 5) is 38.3. The number of nitrogens with zero attached hydrogens (tertiary/aromatic N) is 1. The molecular formula is C19H32ClNO6. The van der Waals surface area contributed by atoms with Crippen molar-refractivity contribution in [3.05, 3.63) is 11.6 Å². The SMILES string of the molecule is COC(=O)[C@H](CC/C=C(\C)CCl)N(C(=O)OC(C)(C)C)C(=O)OC(C)(C)C. The highest BCUT2D eigenvalue weighted by atomic mass is 35.5. The Balaban J connectivity index is 5.77. The monoisotopic (exact) mass is 405 g/mol. The maximum Gasteiger partial charge on any atom is 0.420 e. The molecule has 0 saturated heterocycles. The molecule has 0 aliphatic heterocycles. The summed E-state index contributed by atoms with van der Waals surface area (Å²) in [7, 11) is 1.19. The molecule has 0 bridgehead atoms. The van der Waals surface area contributed by atoms with E-state index in [0.717, 1.165) is 5.57 Å². The van der Waals surface area contributed by atoms with Crippen LogP contribution in [0.25, 0.3) is 0 Å². The third-order valence-corrected chi connectivity index (χ3v) is 3.53. The predicted octanol–water partition coefficient (Wildman–Crippen LogP) is 4.67. The number of rotatable bonds is 6. The molecule has 0 aliphatic rings. The van der Waals surface area contributed by atoms with E-state index in [0.29, 0.717) is 17.2 Å². The first-order chi connectivity index (χ1) is 12.2. The zero-order valence-corrected chi connectivity index (χ0v) is 18.3. The molecule has 0 aromatic carbocycles. The average Bonchev–Trinajstić information content (AvgIpc) is 2.49. The van der Waals surface area contributed by atoms with Crippen LogP contribution >= 0.6 is 11.6 Å². The molecule has 1 atom stereocenters. The van der Waals surface area contributed by atoms with Gasteiger partial charge in [-0.3, -0.25) is 0 Å². The first-order valence-corrected chi connectivity index (χ1v) is 9.30. The largest absolute Gasteiger partial charge is 0.467 e. The van der Waals surface area contributed by atoms with Crippen molar-refractivity contribution in [2.75, 3.05) is 13.0 Å². The molecule has 0 aromatic rings. The number of carbonyl (C=O) groups is 3. The number of hydrogen-bond acceptors (Lipinski definition) is 6. The molecule has 0 rings (SSSR count). The second kappa shape index (κ2) is 10.5. The minimum absolute atomic E-state index is 0.152. The number of esters is 1. The Morgan fingerprint density at radius 2 is 1.44 bits per heavy atom. The minimum Gasteiger partial charge on any atom is -0.467 e. The maximum atomic E-state index is 12.7. The lowest BCUT2D eigenvalue weighted by Gasteiger charge is -2.32. The first kappa shape index (κ1) is 25.2. The Hall–Kier alpha value is -1.76. The second-order valence-electron chi connectivity index (χ2n) is 8.13. The quantitative estimate of drug-likeness (QED) is 0.276. The molecule has 7 nitrogen and oxygen atoms in total. The van der Waals surface area contributed by atoms with Crippen molar-refractivity contribution in [1.82, 2.24) is 4.90 Å². The summed E-state index contributed by atoms with van der Waals surface area (Å²) >= 11 is 5.75. The van der Waals surface area contributed by atoms with Gasteiger partial charge >= 0.3 is 18.2 Å². The Bertz CT molecular complexity index is 532. The molecule has 8 heteroatoms. The van der Waals surface area contributed by atoms with Crippen molar-refractivity contribution in [3.8, 4) is 0 Å². The van der Waals surface area contributed by atoms with Crippen LogP contribution in [0.4, 0.5) is 9.59 Å². The lowest BCUT2D eigenvalue weighted by molar-refractivity contribution is -0.146. The van der Waals surface area contributed by atoms with Crippen LogP contribution in [0.3, 0.4) is 0 Å². The normalized spacial score (nSPS) is 13.6. The molecule has 0 radical (unpaired) electrons. The number of hydrogen-bond donors (Lipinski definition) is 0. The summed E-state index contributed by atoms with van der Waals surface area (Å²) < 4.78 is 15.4. The van der Waals surface area contributed by atoms with Crippen LogP contribution in [0.15, 0.2) is 11.6 Å². The molecular weight excluding hydrogens is 374 g/mol. The van der Waals surface area contributed by atoms with E-state index in [1.165, 1.54) is 7.11 Å². The van der Waals surface area contributed by atoms with Crippen molar-refractivity contribution in [1.29, 1.82) is 0 Å². The molecule has 2 amide bonds. The molecule has 156 valence electrons. The first-order valence-electron chi connectivity index (χ1n) is 8.76. The number of imide groups is 1. The van der Waals surface area contributed by atoms with Gasteiger partial charge in [-0.05, 0) is 61.3 Å². The fraction of sp³-hybridized carbons (Fsp3) is 0.737. The number of methoxy groups -OCH3 is 1. The fourth-order valence-electron chi connectivity index (χ4n) is 1.98. The highest BCUT2D eigenvalue weighted by Gasteiger charge is 2.40. The maximum absolute atomic E-state index is 12.7. The summed E-state index contributed by atoms with van der Waals surface area (Å²) in [5.74, 6) is -0.381. The molecule has 0 spiro atoms. The van der Waals surface area contributed by atoms with E-state index in [1.807, 2.05) is 13.0 Å². The third kappa shape index (κ3) is 10.2. The van der Waals surface area contributed by atoms with Crippen molar-refractivity contribution in [2.45, 2.75) is 78.6 Å². The van der Waals surface area contributed by atoms with Gasteiger partial charge in [0, 0.05) is 5.88 Å². The van der Waals surface area contributed by atoms with Gasteiger partial charge in [0.15, 0.2) is 0 Å². The van der Waals surface area contributed by atoms with Gasteiger partial charge in [-0.1, -0.05) is 11.6 Å². The van der Waals surface area contributed by atoms with Crippen LogP contribution in [-0.4, -0.2) is 53.3 Å². The van der Waals surface area contributed by atoms with Gasteiger partial charge in [0.25, 0.3) is 0 Å². The van der Waals surface area contributed by atoms with Crippen LogP contribution < -0.4 is 0 Å². The van der Waals surface area contributed by atoms with Crippen molar-refractivity contribution < 1.29 is 28.6 Å². The summed E-state index contributed by atoms with van der Waals surface area (Å²) in [6.45, 7) is 11.8. The third-order valence-electron chi connectivity index (χ3n) is 3.11. The smallest absolute Gasteiger partial charge is 0.420 e. The summed E-state index contributed by atoms with van der Waals surface area (Å²) in [6.07, 6.45) is 0.473. The summed E-state index contributed by atoms with van der Waals surface area (Å²) in [5.41, 5.74) is -0.790. The number of ether oxygens (including phenoxy) is 3. The van der Waals surface area contributed by atoms with Gasteiger partial charge in [0.1, 0.15) is 17.2 Å². The van der Waals surface area contributed by atoms with Gasteiger partial charge in [-0.15, -0.1) is 11.6 Å².